The van der Waals surface area contributed by atoms with Crippen LogP contribution in [-0.2, 0) is 26.0 Å². The standard InChI is InChI=1S/C33H46ClN5O4S/c1-33(2,3)23-36-21-26(22-36)31(40)35-28(19-24-11-13-27(34)14-12-24)32(41)38-17-15-37(16-18-38)29-7-5-6-8-30(29)39(44(4,42)43)20-25-9-10-25/h5-8,11-14,25-26,28H,9-10,15-23H2,1-4H3,(H,35,40). The van der Waals surface area contributed by atoms with Gasteiger partial charge in [-0.15, -0.1) is 0 Å². The molecule has 2 saturated heterocycles. The van der Waals surface area contributed by atoms with Gasteiger partial charge in [-0.3, -0.25) is 13.9 Å². The minimum atomic E-state index is -3.44. The van der Waals surface area contributed by atoms with Crippen molar-refractivity contribution in [2.75, 3.05) is 67.8 Å². The van der Waals surface area contributed by atoms with Gasteiger partial charge in [0.25, 0.3) is 0 Å². The van der Waals surface area contributed by atoms with E-state index in [2.05, 4.69) is 35.9 Å². The van der Waals surface area contributed by atoms with Crippen molar-refractivity contribution in [3.05, 3.63) is 59.1 Å². The van der Waals surface area contributed by atoms with Gasteiger partial charge in [0.2, 0.25) is 21.8 Å². The smallest absolute Gasteiger partial charge is 0.245 e. The van der Waals surface area contributed by atoms with Gasteiger partial charge >= 0.3 is 0 Å². The number of halogens is 1. The number of carbonyl (C=O) groups excluding carboxylic acids is 2. The highest BCUT2D eigenvalue weighted by atomic mass is 35.5. The lowest BCUT2D eigenvalue weighted by atomic mass is 9.90. The topological polar surface area (TPSA) is 93.3 Å². The molecule has 3 fully saturated rings. The molecule has 2 aromatic rings. The Labute approximate surface area is 267 Å². The first-order chi connectivity index (χ1) is 20.8. The molecule has 0 aromatic heterocycles. The molecule has 1 aliphatic carbocycles. The summed E-state index contributed by atoms with van der Waals surface area (Å²) in [4.78, 5) is 33.5. The second-order valence-corrected chi connectivity index (χ2v) is 16.2. The lowest BCUT2D eigenvalue weighted by Crippen LogP contribution is -2.60. The molecule has 1 saturated carbocycles. The Hall–Kier alpha value is -2.82. The highest BCUT2D eigenvalue weighted by molar-refractivity contribution is 7.92. The maximum atomic E-state index is 13.9. The van der Waals surface area contributed by atoms with Gasteiger partial charge in [0.15, 0.2) is 0 Å². The number of benzene rings is 2. The highest BCUT2D eigenvalue weighted by Crippen LogP contribution is 2.37. The first-order valence-corrected chi connectivity index (χ1v) is 17.9. The van der Waals surface area contributed by atoms with Gasteiger partial charge in [0.1, 0.15) is 6.04 Å². The van der Waals surface area contributed by atoms with E-state index in [0.29, 0.717) is 68.9 Å². The first kappa shape index (κ1) is 32.6. The molecular weight excluding hydrogens is 598 g/mol. The lowest BCUT2D eigenvalue weighted by Gasteiger charge is -2.42. The fourth-order valence-electron chi connectivity index (χ4n) is 6.16. The lowest BCUT2D eigenvalue weighted by molar-refractivity contribution is -0.139. The summed E-state index contributed by atoms with van der Waals surface area (Å²) in [6, 6.07) is 14.3. The van der Waals surface area contributed by atoms with Crippen LogP contribution < -0.4 is 14.5 Å². The fourth-order valence-corrected chi connectivity index (χ4v) is 7.28. The van der Waals surface area contributed by atoms with Gasteiger partial charge in [-0.1, -0.05) is 56.6 Å². The minimum absolute atomic E-state index is 0.0773. The summed E-state index contributed by atoms with van der Waals surface area (Å²) in [5, 5.41) is 3.72. The number of anilines is 2. The SMILES string of the molecule is CC(C)(C)CN1CC(C(=O)NC(Cc2ccc(Cl)cc2)C(=O)N2CCN(c3ccccc3N(CC3CC3)S(C)(=O)=O)CC2)C1. The molecular formula is C33H46ClN5O4S. The molecule has 2 amide bonds. The maximum absolute atomic E-state index is 13.9. The number of nitrogens with one attached hydrogen (secondary N) is 1. The van der Waals surface area contributed by atoms with Crippen molar-refractivity contribution in [3.63, 3.8) is 0 Å². The van der Waals surface area contributed by atoms with Crippen molar-refractivity contribution < 1.29 is 18.0 Å². The predicted molar refractivity (Wildman–Crippen MR) is 177 cm³/mol. The molecule has 240 valence electrons. The molecule has 0 spiro atoms. The number of sulfonamides is 1. The monoisotopic (exact) mass is 643 g/mol. The molecule has 1 unspecified atom stereocenters. The van der Waals surface area contributed by atoms with Crippen LogP contribution in [0.2, 0.25) is 5.02 Å². The predicted octanol–water partition coefficient (Wildman–Crippen LogP) is 3.87. The van der Waals surface area contributed by atoms with E-state index in [1.807, 2.05) is 41.3 Å². The van der Waals surface area contributed by atoms with Gasteiger partial charge < -0.3 is 20.0 Å². The van der Waals surface area contributed by atoms with Crippen LogP contribution in [0.4, 0.5) is 11.4 Å². The zero-order chi connectivity index (χ0) is 31.6. The van der Waals surface area contributed by atoms with Crippen molar-refractivity contribution in [3.8, 4) is 0 Å². The third-order valence-corrected chi connectivity index (χ3v) is 10.00. The molecule has 9 nitrogen and oxygen atoms in total. The van der Waals surface area contributed by atoms with Crippen LogP contribution in [-0.4, -0.2) is 94.7 Å². The van der Waals surface area contributed by atoms with Crippen molar-refractivity contribution in [2.24, 2.45) is 17.3 Å². The van der Waals surface area contributed by atoms with E-state index in [1.165, 1.54) is 10.6 Å². The highest BCUT2D eigenvalue weighted by Gasteiger charge is 2.37. The number of hydrogen-bond donors (Lipinski definition) is 1. The van der Waals surface area contributed by atoms with E-state index in [4.69, 9.17) is 11.6 Å². The minimum Gasteiger partial charge on any atom is -0.366 e. The molecule has 11 heteroatoms. The Kier molecular flexibility index (Phi) is 9.82. The number of piperazine rings is 1. The van der Waals surface area contributed by atoms with Gasteiger partial charge in [0.05, 0.1) is 23.5 Å². The summed E-state index contributed by atoms with van der Waals surface area (Å²) in [7, 11) is -3.44. The summed E-state index contributed by atoms with van der Waals surface area (Å²) in [5.41, 5.74) is 2.65. The van der Waals surface area contributed by atoms with Crippen LogP contribution in [0.15, 0.2) is 48.5 Å². The van der Waals surface area contributed by atoms with Crippen LogP contribution in [0.3, 0.4) is 0 Å². The van der Waals surface area contributed by atoms with Crippen molar-refractivity contribution >= 4 is 44.8 Å². The quantitative estimate of drug-likeness (QED) is 0.400. The number of carbonyl (C=O) groups is 2. The molecule has 1 N–H and O–H groups in total. The van der Waals surface area contributed by atoms with E-state index in [-0.39, 0.29) is 23.1 Å². The number of amides is 2. The molecule has 2 aromatic carbocycles. The van der Waals surface area contributed by atoms with Crippen molar-refractivity contribution in [1.29, 1.82) is 0 Å². The van der Waals surface area contributed by atoms with Crippen LogP contribution in [0.25, 0.3) is 0 Å². The molecule has 2 heterocycles. The Morgan fingerprint density at radius 2 is 1.64 bits per heavy atom. The Balaban J connectivity index is 1.25. The van der Waals surface area contributed by atoms with E-state index >= 15 is 0 Å². The Bertz CT molecular complexity index is 1430. The summed E-state index contributed by atoms with van der Waals surface area (Å²) in [6.07, 6.45) is 3.76. The van der Waals surface area contributed by atoms with Gasteiger partial charge in [-0.05, 0) is 54.0 Å². The second kappa shape index (κ2) is 13.3. The van der Waals surface area contributed by atoms with Gasteiger partial charge in [0, 0.05) is 63.8 Å². The molecule has 0 bridgehead atoms. The molecule has 5 rings (SSSR count). The number of para-hydroxylation sites is 2. The van der Waals surface area contributed by atoms with Crippen LogP contribution >= 0.6 is 11.6 Å². The van der Waals surface area contributed by atoms with E-state index in [0.717, 1.165) is 30.6 Å². The van der Waals surface area contributed by atoms with Crippen LogP contribution in [0.5, 0.6) is 0 Å². The molecule has 0 radical (unpaired) electrons. The Morgan fingerprint density at radius 1 is 1.00 bits per heavy atom. The van der Waals surface area contributed by atoms with Gasteiger partial charge in [-0.25, -0.2) is 8.42 Å². The van der Waals surface area contributed by atoms with Crippen LogP contribution in [0.1, 0.15) is 39.2 Å². The van der Waals surface area contributed by atoms with Gasteiger partial charge in [-0.2, -0.15) is 0 Å². The third kappa shape index (κ3) is 8.46. The average Bonchev–Trinajstić information content (AvgIpc) is 3.77. The average molecular weight is 644 g/mol. The number of nitrogens with zero attached hydrogens (tertiary/aromatic N) is 4. The number of rotatable bonds is 11. The molecule has 3 aliphatic rings. The third-order valence-electron chi connectivity index (χ3n) is 8.60. The van der Waals surface area contributed by atoms with Crippen molar-refractivity contribution in [1.82, 2.24) is 15.1 Å². The molecule has 44 heavy (non-hydrogen) atoms. The molecule has 2 aliphatic heterocycles. The van der Waals surface area contributed by atoms with Crippen LogP contribution in [0, 0.1) is 17.3 Å². The maximum Gasteiger partial charge on any atom is 0.245 e. The summed E-state index contributed by atoms with van der Waals surface area (Å²) < 4.78 is 27.1. The van der Waals surface area contributed by atoms with E-state index in [1.54, 1.807) is 12.1 Å². The summed E-state index contributed by atoms with van der Waals surface area (Å²) in [5.74, 6) is 0.103. The first-order valence-electron chi connectivity index (χ1n) is 15.6. The zero-order valence-electron chi connectivity index (χ0n) is 26.3. The largest absolute Gasteiger partial charge is 0.366 e. The Morgan fingerprint density at radius 3 is 2.23 bits per heavy atom. The van der Waals surface area contributed by atoms with E-state index < -0.39 is 16.1 Å². The van der Waals surface area contributed by atoms with Crippen molar-refractivity contribution in [2.45, 2.75) is 46.1 Å². The zero-order valence-corrected chi connectivity index (χ0v) is 27.9. The molecule has 1 atom stereocenters. The summed E-state index contributed by atoms with van der Waals surface area (Å²) in [6.45, 7) is 11.5. The van der Waals surface area contributed by atoms with E-state index in [9.17, 15) is 18.0 Å². The second-order valence-electron chi connectivity index (χ2n) is 13.9. The number of hydrogen-bond acceptors (Lipinski definition) is 6. The normalized spacial score (nSPS) is 18.9. The fraction of sp³-hybridized carbons (Fsp3) is 0.576. The summed E-state index contributed by atoms with van der Waals surface area (Å²) >= 11 is 6.10. The number of likely N-dealkylation sites (tertiary alicyclic amines) is 1.